The molecule has 0 heterocycles. The summed E-state index contributed by atoms with van der Waals surface area (Å²) in [5.41, 5.74) is 8.14. The number of hydrogen-bond donors (Lipinski definition) is 1. The van der Waals surface area contributed by atoms with Crippen LogP contribution in [0.1, 0.15) is 31.7 Å². The zero-order chi connectivity index (χ0) is 10.6. The third-order valence-corrected chi connectivity index (χ3v) is 2.79. The lowest BCUT2D eigenvalue weighted by Crippen LogP contribution is -2.24. The second-order valence-corrected chi connectivity index (χ2v) is 3.78. The van der Waals surface area contributed by atoms with E-state index in [-0.39, 0.29) is 0 Å². The Kier molecular flexibility index (Phi) is 3.96. The van der Waals surface area contributed by atoms with Gasteiger partial charge in [-0.2, -0.15) is 0 Å². The van der Waals surface area contributed by atoms with Crippen LogP contribution >= 0.6 is 0 Å². The van der Waals surface area contributed by atoms with Gasteiger partial charge in [-0.05, 0) is 30.0 Å². The molecule has 0 saturated heterocycles. The van der Waals surface area contributed by atoms with Crippen molar-refractivity contribution in [1.82, 2.24) is 0 Å². The standard InChI is InChI=1S/C12H20N2/c1-4-10(2)11-5-7-12(8-6-11)14(3)9-13/h5-8,10H,4,9,13H2,1-3H3. The summed E-state index contributed by atoms with van der Waals surface area (Å²) in [6.45, 7) is 5.02. The van der Waals surface area contributed by atoms with Crippen LogP contribution in [0.25, 0.3) is 0 Å². The molecule has 0 amide bonds. The first-order valence-electron chi connectivity index (χ1n) is 5.20. The summed E-state index contributed by atoms with van der Waals surface area (Å²) < 4.78 is 0. The number of anilines is 1. The summed E-state index contributed by atoms with van der Waals surface area (Å²) in [7, 11) is 2.00. The van der Waals surface area contributed by atoms with Crippen molar-refractivity contribution in [3.05, 3.63) is 29.8 Å². The predicted octanol–water partition coefficient (Wildman–Crippen LogP) is 2.55. The van der Waals surface area contributed by atoms with E-state index in [1.165, 1.54) is 17.7 Å². The van der Waals surface area contributed by atoms with Crippen molar-refractivity contribution in [2.75, 3.05) is 18.6 Å². The average Bonchev–Trinajstić information content (AvgIpc) is 2.27. The fourth-order valence-corrected chi connectivity index (χ4v) is 1.40. The smallest absolute Gasteiger partial charge is 0.0653 e. The molecule has 0 saturated carbocycles. The largest absolute Gasteiger partial charge is 0.362 e. The maximum Gasteiger partial charge on any atom is 0.0653 e. The van der Waals surface area contributed by atoms with Gasteiger partial charge in [-0.1, -0.05) is 26.0 Å². The van der Waals surface area contributed by atoms with Crippen LogP contribution in [0.3, 0.4) is 0 Å². The number of hydrogen-bond acceptors (Lipinski definition) is 2. The highest BCUT2D eigenvalue weighted by Crippen LogP contribution is 2.21. The van der Waals surface area contributed by atoms with E-state index in [9.17, 15) is 0 Å². The van der Waals surface area contributed by atoms with Gasteiger partial charge in [-0.3, -0.25) is 0 Å². The molecule has 1 aromatic rings. The summed E-state index contributed by atoms with van der Waals surface area (Å²) in [6.07, 6.45) is 1.19. The molecule has 0 aliphatic heterocycles. The van der Waals surface area contributed by atoms with Crippen molar-refractivity contribution in [2.45, 2.75) is 26.2 Å². The highest BCUT2D eigenvalue weighted by molar-refractivity contribution is 5.47. The van der Waals surface area contributed by atoms with E-state index in [4.69, 9.17) is 5.73 Å². The minimum Gasteiger partial charge on any atom is -0.362 e. The molecule has 2 N–H and O–H groups in total. The molecular weight excluding hydrogens is 172 g/mol. The number of nitrogens with two attached hydrogens (primary N) is 1. The lowest BCUT2D eigenvalue weighted by atomic mass is 9.98. The molecule has 1 atom stereocenters. The Labute approximate surface area is 86.7 Å². The van der Waals surface area contributed by atoms with E-state index < -0.39 is 0 Å². The van der Waals surface area contributed by atoms with E-state index in [1.807, 2.05) is 11.9 Å². The van der Waals surface area contributed by atoms with Crippen LogP contribution in [0.15, 0.2) is 24.3 Å². The minimum absolute atomic E-state index is 0.558. The van der Waals surface area contributed by atoms with Gasteiger partial charge in [0.2, 0.25) is 0 Å². The van der Waals surface area contributed by atoms with Crippen LogP contribution in [0.4, 0.5) is 5.69 Å². The molecule has 1 rings (SSSR count). The lowest BCUT2D eigenvalue weighted by Gasteiger charge is -2.17. The topological polar surface area (TPSA) is 29.3 Å². The van der Waals surface area contributed by atoms with Gasteiger partial charge in [0.25, 0.3) is 0 Å². The van der Waals surface area contributed by atoms with Crippen molar-refractivity contribution in [1.29, 1.82) is 0 Å². The Balaban J connectivity index is 2.78. The summed E-state index contributed by atoms with van der Waals surface area (Å²) in [6, 6.07) is 8.65. The quantitative estimate of drug-likeness (QED) is 0.743. The van der Waals surface area contributed by atoms with Crippen molar-refractivity contribution in [2.24, 2.45) is 5.73 Å². The summed E-state index contributed by atoms with van der Waals surface area (Å²) in [5, 5.41) is 0. The molecule has 2 heteroatoms. The first-order chi connectivity index (χ1) is 6.69. The maximum atomic E-state index is 5.55. The third-order valence-electron chi connectivity index (χ3n) is 2.79. The van der Waals surface area contributed by atoms with Gasteiger partial charge in [-0.25, -0.2) is 0 Å². The molecule has 0 spiro atoms. The number of benzene rings is 1. The fraction of sp³-hybridized carbons (Fsp3) is 0.500. The molecule has 0 radical (unpaired) electrons. The van der Waals surface area contributed by atoms with E-state index >= 15 is 0 Å². The zero-order valence-corrected chi connectivity index (χ0v) is 9.33. The summed E-state index contributed by atoms with van der Waals surface area (Å²) in [4.78, 5) is 2.03. The van der Waals surface area contributed by atoms with Crippen LogP contribution in [0, 0.1) is 0 Å². The van der Waals surface area contributed by atoms with Gasteiger partial charge >= 0.3 is 0 Å². The van der Waals surface area contributed by atoms with E-state index in [0.717, 1.165) is 0 Å². The Morgan fingerprint density at radius 1 is 1.29 bits per heavy atom. The number of nitrogens with zero attached hydrogens (tertiary/aromatic N) is 1. The second kappa shape index (κ2) is 5.01. The molecule has 0 aliphatic rings. The van der Waals surface area contributed by atoms with Crippen LogP contribution in [-0.4, -0.2) is 13.7 Å². The van der Waals surface area contributed by atoms with E-state index in [0.29, 0.717) is 12.6 Å². The molecule has 14 heavy (non-hydrogen) atoms. The predicted molar refractivity (Wildman–Crippen MR) is 62.6 cm³/mol. The highest BCUT2D eigenvalue weighted by Gasteiger charge is 2.03. The third kappa shape index (κ3) is 2.48. The van der Waals surface area contributed by atoms with Gasteiger partial charge < -0.3 is 10.6 Å². The van der Waals surface area contributed by atoms with Crippen LogP contribution in [0.2, 0.25) is 0 Å². The Morgan fingerprint density at radius 3 is 2.29 bits per heavy atom. The molecule has 2 nitrogen and oxygen atoms in total. The van der Waals surface area contributed by atoms with Crippen LogP contribution in [-0.2, 0) is 0 Å². The second-order valence-electron chi connectivity index (χ2n) is 3.78. The van der Waals surface area contributed by atoms with Gasteiger partial charge in [0, 0.05) is 12.7 Å². The van der Waals surface area contributed by atoms with Gasteiger partial charge in [-0.15, -0.1) is 0 Å². The number of rotatable bonds is 4. The van der Waals surface area contributed by atoms with Crippen molar-refractivity contribution >= 4 is 5.69 Å². The zero-order valence-electron chi connectivity index (χ0n) is 9.33. The molecule has 0 aliphatic carbocycles. The summed E-state index contributed by atoms with van der Waals surface area (Å²) >= 11 is 0. The molecule has 0 fully saturated rings. The molecule has 1 aromatic carbocycles. The summed E-state index contributed by atoms with van der Waals surface area (Å²) in [5.74, 6) is 0.646. The molecule has 78 valence electrons. The highest BCUT2D eigenvalue weighted by atomic mass is 15.1. The Bertz CT molecular complexity index is 237. The normalized spacial score (nSPS) is 12.6. The van der Waals surface area contributed by atoms with Gasteiger partial charge in [0.15, 0.2) is 0 Å². The van der Waals surface area contributed by atoms with E-state index in [2.05, 4.69) is 38.1 Å². The monoisotopic (exact) mass is 192 g/mol. The first kappa shape index (κ1) is 11.1. The van der Waals surface area contributed by atoms with Crippen molar-refractivity contribution < 1.29 is 0 Å². The van der Waals surface area contributed by atoms with Crippen LogP contribution in [0.5, 0.6) is 0 Å². The Morgan fingerprint density at radius 2 is 1.86 bits per heavy atom. The Hall–Kier alpha value is -1.02. The first-order valence-corrected chi connectivity index (χ1v) is 5.20. The molecular formula is C12H20N2. The molecule has 0 bridgehead atoms. The molecule has 0 aromatic heterocycles. The molecule has 1 unspecified atom stereocenters. The van der Waals surface area contributed by atoms with E-state index in [1.54, 1.807) is 0 Å². The van der Waals surface area contributed by atoms with Gasteiger partial charge in [0.1, 0.15) is 0 Å². The van der Waals surface area contributed by atoms with Crippen LogP contribution < -0.4 is 10.6 Å². The maximum absolute atomic E-state index is 5.55. The SMILES string of the molecule is CCC(C)c1ccc(N(C)CN)cc1. The lowest BCUT2D eigenvalue weighted by molar-refractivity contribution is 0.733. The fourth-order valence-electron chi connectivity index (χ4n) is 1.40. The van der Waals surface area contributed by atoms with Gasteiger partial charge in [0.05, 0.1) is 6.67 Å². The average molecular weight is 192 g/mol. The minimum atomic E-state index is 0.558. The van der Waals surface area contributed by atoms with Crippen molar-refractivity contribution in [3.63, 3.8) is 0 Å². The van der Waals surface area contributed by atoms with Crippen molar-refractivity contribution in [3.8, 4) is 0 Å².